The summed E-state index contributed by atoms with van der Waals surface area (Å²) in [5, 5.41) is 12.1. The Morgan fingerprint density at radius 2 is 1.61 bits per heavy atom. The molecule has 2 aromatic heterocycles. The average Bonchev–Trinajstić information content (AvgIpc) is 2.37. The van der Waals surface area contributed by atoms with Gasteiger partial charge in [0.1, 0.15) is 0 Å². The van der Waals surface area contributed by atoms with Gasteiger partial charge in [0.05, 0.1) is 11.4 Å². The van der Waals surface area contributed by atoms with E-state index in [1.807, 2.05) is 6.92 Å². The second-order valence-electron chi connectivity index (χ2n) is 3.73. The van der Waals surface area contributed by atoms with Gasteiger partial charge in [0.25, 0.3) is 11.1 Å². The summed E-state index contributed by atoms with van der Waals surface area (Å²) in [5.74, 6) is 0. The summed E-state index contributed by atoms with van der Waals surface area (Å²) in [6.45, 7) is 3.89. The molecule has 96 valence electrons. The van der Waals surface area contributed by atoms with Crippen LogP contribution in [0.3, 0.4) is 0 Å². The quantitative estimate of drug-likeness (QED) is 0.822. The molecule has 2 heterocycles. The molecule has 0 saturated heterocycles. The Morgan fingerprint density at radius 1 is 1.00 bits per heavy atom. The molecule has 0 atom stereocenters. The van der Waals surface area contributed by atoms with Crippen LogP contribution in [0.1, 0.15) is 24.7 Å². The van der Waals surface area contributed by atoms with Crippen molar-refractivity contribution in [2.45, 2.75) is 26.7 Å². The van der Waals surface area contributed by atoms with Gasteiger partial charge in [-0.1, -0.05) is 13.3 Å². The molecule has 0 amide bonds. The van der Waals surface area contributed by atoms with Crippen LogP contribution in [0.4, 0.5) is 0 Å². The van der Waals surface area contributed by atoms with E-state index < -0.39 is 0 Å². The van der Waals surface area contributed by atoms with Crippen molar-refractivity contribution in [1.29, 1.82) is 0 Å². The molecule has 0 aromatic carbocycles. The maximum atomic E-state index is 10.5. The number of rotatable bonds is 2. The zero-order valence-electron chi connectivity index (χ0n) is 10.4. The molecule has 2 N–H and O–H groups in total. The maximum absolute atomic E-state index is 10.5. The molecule has 0 aliphatic rings. The van der Waals surface area contributed by atoms with Crippen molar-refractivity contribution in [2.75, 3.05) is 0 Å². The molecule has 0 saturated carbocycles. The summed E-state index contributed by atoms with van der Waals surface area (Å²) < 4.78 is 0. The molecular formula is C12H16N4O2. The van der Waals surface area contributed by atoms with Crippen LogP contribution < -0.4 is 11.1 Å². The van der Waals surface area contributed by atoms with Crippen LogP contribution in [0.5, 0.6) is 0 Å². The van der Waals surface area contributed by atoms with Crippen molar-refractivity contribution in [1.82, 2.24) is 20.4 Å². The Balaban J connectivity index is 0.000000184. The van der Waals surface area contributed by atoms with Crippen LogP contribution >= 0.6 is 0 Å². The molecule has 2 rings (SSSR count). The molecule has 0 aliphatic heterocycles. The minimum absolute atomic E-state index is 0.139. The third-order valence-electron chi connectivity index (χ3n) is 2.06. The van der Waals surface area contributed by atoms with Gasteiger partial charge in [-0.25, -0.2) is 10.2 Å². The van der Waals surface area contributed by atoms with Gasteiger partial charge in [-0.2, -0.15) is 10.2 Å². The molecule has 0 bridgehead atoms. The number of hydrogen-bond acceptors (Lipinski definition) is 4. The summed E-state index contributed by atoms with van der Waals surface area (Å²) in [6.07, 6.45) is 1.98. The molecule has 0 aliphatic carbocycles. The second kappa shape index (κ2) is 7.16. The highest BCUT2D eigenvalue weighted by Crippen LogP contribution is 1.92. The fourth-order valence-corrected chi connectivity index (χ4v) is 1.18. The molecule has 6 nitrogen and oxygen atoms in total. The molecule has 0 unspecified atom stereocenters. The first-order valence-electron chi connectivity index (χ1n) is 5.68. The Bertz CT molecular complexity index is 548. The fraction of sp³-hybridized carbons (Fsp3) is 0.333. The van der Waals surface area contributed by atoms with Gasteiger partial charge in [0.15, 0.2) is 0 Å². The Morgan fingerprint density at radius 3 is 2.00 bits per heavy atom. The average molecular weight is 248 g/mol. The largest absolute Gasteiger partial charge is 0.268 e. The summed E-state index contributed by atoms with van der Waals surface area (Å²) >= 11 is 0. The second-order valence-corrected chi connectivity index (χ2v) is 3.73. The van der Waals surface area contributed by atoms with E-state index in [9.17, 15) is 9.59 Å². The summed E-state index contributed by atoms with van der Waals surface area (Å²) in [6, 6.07) is 6.36. The number of nitrogens with zero attached hydrogens (tertiary/aromatic N) is 2. The van der Waals surface area contributed by atoms with E-state index in [1.165, 1.54) is 12.1 Å². The van der Waals surface area contributed by atoms with Crippen molar-refractivity contribution in [3.63, 3.8) is 0 Å². The van der Waals surface area contributed by atoms with Crippen LogP contribution in [-0.4, -0.2) is 20.4 Å². The van der Waals surface area contributed by atoms with Gasteiger partial charge in [0, 0.05) is 12.1 Å². The third-order valence-corrected chi connectivity index (χ3v) is 2.06. The standard InChI is InChI=1S/C7H10N2O.C5H6N2O/c1-2-3-6-4-5-7(10)9-8-6;1-4-2-3-5(8)7-6-4/h4-5H,2-3H2,1H3,(H,9,10);2-3H,1H3,(H,7,8). The van der Waals surface area contributed by atoms with E-state index in [0.717, 1.165) is 24.2 Å². The molecule has 0 radical (unpaired) electrons. The highest BCUT2D eigenvalue weighted by atomic mass is 16.1. The Labute approximate surface area is 104 Å². The number of nitrogens with one attached hydrogen (secondary N) is 2. The first-order valence-corrected chi connectivity index (χ1v) is 5.68. The maximum Gasteiger partial charge on any atom is 0.264 e. The summed E-state index contributed by atoms with van der Waals surface area (Å²) in [7, 11) is 0. The highest BCUT2D eigenvalue weighted by molar-refractivity contribution is 4.98. The van der Waals surface area contributed by atoms with E-state index in [2.05, 4.69) is 27.3 Å². The molecular weight excluding hydrogens is 232 g/mol. The van der Waals surface area contributed by atoms with Crippen molar-refractivity contribution in [3.8, 4) is 0 Å². The fourth-order valence-electron chi connectivity index (χ4n) is 1.18. The number of hydrogen-bond donors (Lipinski definition) is 2. The predicted molar refractivity (Wildman–Crippen MR) is 68.4 cm³/mol. The molecule has 6 heteroatoms. The zero-order chi connectivity index (χ0) is 13.4. The lowest BCUT2D eigenvalue weighted by Crippen LogP contribution is -2.07. The van der Waals surface area contributed by atoms with Crippen LogP contribution in [0.15, 0.2) is 33.9 Å². The van der Waals surface area contributed by atoms with Crippen molar-refractivity contribution in [3.05, 3.63) is 56.4 Å². The van der Waals surface area contributed by atoms with Gasteiger partial charge >= 0.3 is 0 Å². The zero-order valence-corrected chi connectivity index (χ0v) is 10.4. The number of aryl methyl sites for hydroxylation is 2. The smallest absolute Gasteiger partial charge is 0.264 e. The van der Waals surface area contributed by atoms with E-state index in [0.29, 0.717) is 0 Å². The minimum Gasteiger partial charge on any atom is -0.268 e. The van der Waals surface area contributed by atoms with Gasteiger partial charge in [-0.3, -0.25) is 9.59 Å². The van der Waals surface area contributed by atoms with E-state index >= 15 is 0 Å². The lowest BCUT2D eigenvalue weighted by atomic mass is 10.2. The van der Waals surface area contributed by atoms with Crippen LogP contribution in [-0.2, 0) is 6.42 Å². The van der Waals surface area contributed by atoms with E-state index in [1.54, 1.807) is 12.1 Å². The van der Waals surface area contributed by atoms with E-state index in [-0.39, 0.29) is 11.1 Å². The number of aromatic amines is 2. The predicted octanol–water partition coefficient (Wildman–Crippen LogP) is 0.801. The molecule has 0 spiro atoms. The molecule has 2 aromatic rings. The van der Waals surface area contributed by atoms with Crippen molar-refractivity contribution in [2.24, 2.45) is 0 Å². The highest BCUT2D eigenvalue weighted by Gasteiger charge is 1.89. The number of H-pyrrole nitrogens is 2. The van der Waals surface area contributed by atoms with Gasteiger partial charge in [-0.15, -0.1) is 0 Å². The Hall–Kier alpha value is -2.24. The van der Waals surface area contributed by atoms with Crippen LogP contribution in [0.2, 0.25) is 0 Å². The van der Waals surface area contributed by atoms with Crippen molar-refractivity contribution >= 4 is 0 Å². The third kappa shape index (κ3) is 5.20. The topological polar surface area (TPSA) is 91.5 Å². The molecule has 0 fully saturated rings. The van der Waals surface area contributed by atoms with Crippen molar-refractivity contribution < 1.29 is 0 Å². The lowest BCUT2D eigenvalue weighted by Gasteiger charge is -1.92. The van der Waals surface area contributed by atoms with Gasteiger partial charge in [0.2, 0.25) is 0 Å². The normalized spacial score (nSPS) is 9.44. The molecule has 18 heavy (non-hydrogen) atoms. The Kier molecular flexibility index (Phi) is 5.50. The summed E-state index contributed by atoms with van der Waals surface area (Å²) in [4.78, 5) is 20.8. The first-order chi connectivity index (χ1) is 8.61. The lowest BCUT2D eigenvalue weighted by molar-refractivity contribution is 0.828. The number of aromatic nitrogens is 4. The van der Waals surface area contributed by atoms with Crippen LogP contribution in [0, 0.1) is 6.92 Å². The summed E-state index contributed by atoms with van der Waals surface area (Å²) in [5.41, 5.74) is 1.47. The monoisotopic (exact) mass is 248 g/mol. The SMILES string of the molecule is CCCc1ccc(=O)[nH]n1.Cc1ccc(=O)[nH]n1. The first kappa shape index (κ1) is 13.8. The van der Waals surface area contributed by atoms with Gasteiger partial charge in [-0.05, 0) is 25.5 Å². The van der Waals surface area contributed by atoms with E-state index in [4.69, 9.17) is 0 Å². The van der Waals surface area contributed by atoms with Crippen LogP contribution in [0.25, 0.3) is 0 Å². The minimum atomic E-state index is -0.157. The van der Waals surface area contributed by atoms with Gasteiger partial charge < -0.3 is 0 Å².